The Morgan fingerprint density at radius 2 is 1.87 bits per heavy atom. The fraction of sp³-hybridized carbons (Fsp3) is 0.588. The second-order valence-corrected chi connectivity index (χ2v) is 6.26. The van der Waals surface area contributed by atoms with Crippen molar-refractivity contribution in [1.82, 2.24) is 10.2 Å². The summed E-state index contributed by atoms with van der Waals surface area (Å²) in [5.41, 5.74) is 8.23. The Labute approximate surface area is 152 Å². The van der Waals surface area contributed by atoms with E-state index in [9.17, 15) is 4.79 Å². The predicted molar refractivity (Wildman–Crippen MR) is 100 cm³/mol. The van der Waals surface area contributed by atoms with Crippen LogP contribution in [0.25, 0.3) is 0 Å². The van der Waals surface area contributed by atoms with E-state index in [1.807, 2.05) is 12.1 Å². The molecule has 1 aromatic carbocycles. The molecule has 2 rings (SSSR count). The minimum absolute atomic E-state index is 0. The molecule has 0 radical (unpaired) electrons. The van der Waals surface area contributed by atoms with Crippen LogP contribution in [0.3, 0.4) is 0 Å². The zero-order valence-electron chi connectivity index (χ0n) is 14.0. The highest BCUT2D eigenvalue weighted by molar-refractivity contribution is 5.85. The Bertz CT molecular complexity index is 483. The van der Waals surface area contributed by atoms with Crippen LogP contribution in [0.4, 0.5) is 0 Å². The number of hydrogen-bond donors (Lipinski definition) is 2. The second-order valence-electron chi connectivity index (χ2n) is 6.26. The zero-order chi connectivity index (χ0) is 15.2. The van der Waals surface area contributed by atoms with Gasteiger partial charge in [0.15, 0.2) is 0 Å². The fourth-order valence-electron chi connectivity index (χ4n) is 3.20. The standard InChI is InChI=1S/C17H27N3O.2ClH/c1-20(2)12-15-7-4-3-6-14(15)11-19-17(21)16-9-5-8-13(16)10-18;;/h3-4,6-7,13,16H,5,8-12,18H2,1-2H3,(H,19,21);2*1H/t13-,16-;;/m1../s1. The average molecular weight is 362 g/mol. The minimum atomic E-state index is 0. The van der Waals surface area contributed by atoms with Gasteiger partial charge < -0.3 is 16.0 Å². The molecule has 6 heteroatoms. The van der Waals surface area contributed by atoms with Gasteiger partial charge in [-0.25, -0.2) is 0 Å². The van der Waals surface area contributed by atoms with Crippen LogP contribution in [0.1, 0.15) is 30.4 Å². The monoisotopic (exact) mass is 361 g/mol. The molecule has 1 amide bonds. The van der Waals surface area contributed by atoms with E-state index >= 15 is 0 Å². The van der Waals surface area contributed by atoms with E-state index < -0.39 is 0 Å². The molecule has 4 nitrogen and oxygen atoms in total. The number of amides is 1. The predicted octanol–water partition coefficient (Wildman–Crippen LogP) is 2.58. The molecule has 0 aliphatic heterocycles. The number of nitrogens with two attached hydrogens (primary N) is 1. The van der Waals surface area contributed by atoms with Crippen LogP contribution in [0.15, 0.2) is 24.3 Å². The number of halogens is 2. The summed E-state index contributed by atoms with van der Waals surface area (Å²) < 4.78 is 0. The minimum Gasteiger partial charge on any atom is -0.352 e. The number of carbonyl (C=O) groups excluding carboxylic acids is 1. The number of benzene rings is 1. The van der Waals surface area contributed by atoms with Crippen molar-refractivity contribution < 1.29 is 4.79 Å². The van der Waals surface area contributed by atoms with Gasteiger partial charge in [0.25, 0.3) is 0 Å². The molecule has 2 atom stereocenters. The first-order valence-corrected chi connectivity index (χ1v) is 7.81. The molecule has 1 saturated carbocycles. The lowest BCUT2D eigenvalue weighted by molar-refractivity contribution is -0.126. The van der Waals surface area contributed by atoms with Gasteiger partial charge in [-0.05, 0) is 50.5 Å². The first kappa shape index (κ1) is 22.2. The smallest absolute Gasteiger partial charge is 0.223 e. The molecule has 0 saturated heterocycles. The first-order chi connectivity index (χ1) is 10.1. The van der Waals surface area contributed by atoms with Crippen LogP contribution < -0.4 is 11.1 Å². The first-order valence-electron chi connectivity index (χ1n) is 7.81. The van der Waals surface area contributed by atoms with E-state index in [0.29, 0.717) is 19.0 Å². The zero-order valence-corrected chi connectivity index (χ0v) is 15.6. The second kappa shape index (κ2) is 10.9. The SMILES string of the molecule is CN(C)Cc1ccccc1CNC(=O)[C@@H]1CCC[C@@H]1CN.Cl.Cl. The Morgan fingerprint density at radius 1 is 1.22 bits per heavy atom. The van der Waals surface area contributed by atoms with Crippen molar-refractivity contribution in [3.05, 3.63) is 35.4 Å². The number of nitrogens with zero attached hydrogens (tertiary/aromatic N) is 1. The summed E-state index contributed by atoms with van der Waals surface area (Å²) in [5.74, 6) is 0.639. The Balaban J connectivity index is 0.00000242. The van der Waals surface area contributed by atoms with Crippen LogP contribution in [-0.4, -0.2) is 31.4 Å². The maximum absolute atomic E-state index is 12.3. The van der Waals surface area contributed by atoms with Crippen LogP contribution in [-0.2, 0) is 17.9 Å². The van der Waals surface area contributed by atoms with Crippen molar-refractivity contribution >= 4 is 30.7 Å². The lowest BCUT2D eigenvalue weighted by atomic mass is 9.95. The van der Waals surface area contributed by atoms with Crippen LogP contribution >= 0.6 is 24.8 Å². The number of nitrogens with one attached hydrogen (secondary N) is 1. The molecular formula is C17H29Cl2N3O. The van der Waals surface area contributed by atoms with Gasteiger partial charge in [-0.15, -0.1) is 24.8 Å². The van der Waals surface area contributed by atoms with Gasteiger partial charge in [0.1, 0.15) is 0 Å². The molecule has 0 heterocycles. The third-order valence-corrected chi connectivity index (χ3v) is 4.36. The van der Waals surface area contributed by atoms with Crippen molar-refractivity contribution in [2.45, 2.75) is 32.4 Å². The van der Waals surface area contributed by atoms with E-state index in [1.54, 1.807) is 0 Å². The molecule has 0 bridgehead atoms. The highest BCUT2D eigenvalue weighted by Crippen LogP contribution is 2.31. The normalized spacial score (nSPS) is 19.8. The molecule has 23 heavy (non-hydrogen) atoms. The van der Waals surface area contributed by atoms with Crippen LogP contribution in [0.2, 0.25) is 0 Å². The maximum atomic E-state index is 12.3. The van der Waals surface area contributed by atoms with E-state index in [-0.39, 0.29) is 36.6 Å². The third kappa shape index (κ3) is 6.30. The summed E-state index contributed by atoms with van der Waals surface area (Å²) in [5, 5.41) is 3.11. The highest BCUT2D eigenvalue weighted by Gasteiger charge is 2.31. The highest BCUT2D eigenvalue weighted by atomic mass is 35.5. The van der Waals surface area contributed by atoms with Crippen molar-refractivity contribution in [3.8, 4) is 0 Å². The van der Waals surface area contributed by atoms with Crippen molar-refractivity contribution in [3.63, 3.8) is 0 Å². The molecule has 0 spiro atoms. The quantitative estimate of drug-likeness (QED) is 0.818. The summed E-state index contributed by atoms with van der Waals surface area (Å²) in [6.07, 6.45) is 3.19. The number of rotatable bonds is 6. The van der Waals surface area contributed by atoms with Gasteiger partial charge in [0.05, 0.1) is 0 Å². The lowest BCUT2D eigenvalue weighted by Gasteiger charge is -2.19. The maximum Gasteiger partial charge on any atom is 0.223 e. The van der Waals surface area contributed by atoms with Crippen LogP contribution in [0.5, 0.6) is 0 Å². The lowest BCUT2D eigenvalue weighted by Crippen LogP contribution is -2.35. The van der Waals surface area contributed by atoms with Crippen molar-refractivity contribution in [2.75, 3.05) is 20.6 Å². The third-order valence-electron chi connectivity index (χ3n) is 4.36. The summed E-state index contributed by atoms with van der Waals surface area (Å²) in [4.78, 5) is 14.5. The fourth-order valence-corrected chi connectivity index (χ4v) is 3.20. The van der Waals surface area contributed by atoms with Gasteiger partial charge in [-0.2, -0.15) is 0 Å². The Morgan fingerprint density at radius 3 is 2.48 bits per heavy atom. The summed E-state index contributed by atoms with van der Waals surface area (Å²) in [6.45, 7) is 2.12. The number of hydrogen-bond acceptors (Lipinski definition) is 3. The molecule has 1 fully saturated rings. The van der Waals surface area contributed by atoms with E-state index in [0.717, 1.165) is 25.8 Å². The van der Waals surface area contributed by atoms with Gasteiger partial charge in [0.2, 0.25) is 5.91 Å². The van der Waals surface area contributed by atoms with Gasteiger partial charge in [-0.3, -0.25) is 4.79 Å². The van der Waals surface area contributed by atoms with E-state index in [4.69, 9.17) is 5.73 Å². The topological polar surface area (TPSA) is 58.4 Å². The van der Waals surface area contributed by atoms with E-state index in [1.165, 1.54) is 11.1 Å². The number of carbonyl (C=O) groups is 1. The summed E-state index contributed by atoms with van der Waals surface area (Å²) >= 11 is 0. The molecule has 1 aromatic rings. The van der Waals surface area contributed by atoms with Gasteiger partial charge in [0, 0.05) is 19.0 Å². The molecule has 0 aromatic heterocycles. The average Bonchev–Trinajstić information content (AvgIpc) is 2.94. The van der Waals surface area contributed by atoms with Gasteiger partial charge in [-0.1, -0.05) is 30.7 Å². The molecule has 3 N–H and O–H groups in total. The van der Waals surface area contributed by atoms with Crippen LogP contribution in [0, 0.1) is 11.8 Å². The Kier molecular flexibility index (Phi) is 10.5. The Hall–Kier alpha value is -0.810. The molecule has 0 unspecified atom stereocenters. The molecule has 1 aliphatic carbocycles. The largest absolute Gasteiger partial charge is 0.352 e. The van der Waals surface area contributed by atoms with Gasteiger partial charge >= 0.3 is 0 Å². The summed E-state index contributed by atoms with van der Waals surface area (Å²) in [7, 11) is 4.11. The summed E-state index contributed by atoms with van der Waals surface area (Å²) in [6, 6.07) is 8.29. The molecule has 1 aliphatic rings. The van der Waals surface area contributed by atoms with Crippen molar-refractivity contribution in [2.24, 2.45) is 17.6 Å². The molecule has 132 valence electrons. The van der Waals surface area contributed by atoms with E-state index in [2.05, 4.69) is 36.4 Å². The molecular weight excluding hydrogens is 333 g/mol. The van der Waals surface area contributed by atoms with Crippen molar-refractivity contribution in [1.29, 1.82) is 0 Å².